The van der Waals surface area contributed by atoms with Crippen molar-refractivity contribution in [1.82, 2.24) is 10.6 Å². The van der Waals surface area contributed by atoms with Crippen LogP contribution in [0.25, 0.3) is 64.6 Å². The van der Waals surface area contributed by atoms with Crippen molar-refractivity contribution in [3.8, 4) is 0 Å². The Hall–Kier alpha value is -8.94. The molecule has 12 aromatic carbocycles. The van der Waals surface area contributed by atoms with Crippen LogP contribution in [0, 0.1) is 5.41 Å². The maximum atomic E-state index is 16.0. The van der Waals surface area contributed by atoms with Crippen molar-refractivity contribution in [2.24, 2.45) is 5.41 Å². The Labute approximate surface area is 460 Å². The number of amides is 2. The van der Waals surface area contributed by atoms with Gasteiger partial charge in [0.15, 0.2) is 0 Å². The largest absolute Gasteiger partial charge is 0.387 e. The average Bonchev–Trinajstić information content (AvgIpc) is 4.51. The van der Waals surface area contributed by atoms with Crippen LogP contribution in [0.2, 0.25) is 0 Å². The summed E-state index contributed by atoms with van der Waals surface area (Å²) < 4.78 is 0. The highest BCUT2D eigenvalue weighted by Gasteiger charge is 2.59. The van der Waals surface area contributed by atoms with Gasteiger partial charge in [0.2, 0.25) is 11.8 Å². The number of rotatable bonds is 16. The maximum Gasteiger partial charge on any atom is 0.236 e. The number of benzene rings is 12. The minimum absolute atomic E-state index is 0.184. The quantitative estimate of drug-likeness (QED) is 0.0725. The molecule has 2 amide bonds. The van der Waals surface area contributed by atoms with Crippen molar-refractivity contribution < 1.29 is 19.8 Å². The van der Waals surface area contributed by atoms with Crippen molar-refractivity contribution in [3.63, 3.8) is 0 Å². The number of hydrogen-bond donors (Lipinski definition) is 4. The molecule has 6 nitrogen and oxygen atoms in total. The third kappa shape index (κ3) is 9.37. The van der Waals surface area contributed by atoms with Crippen LogP contribution in [-0.4, -0.2) is 33.2 Å². The van der Waals surface area contributed by atoms with E-state index in [1.54, 1.807) is 0 Å². The Morgan fingerprint density at radius 3 is 0.835 bits per heavy atom. The Morgan fingerprint density at radius 1 is 0.329 bits per heavy atom. The summed E-state index contributed by atoms with van der Waals surface area (Å²) in [6.45, 7) is 0. The molecule has 4 N–H and O–H groups in total. The van der Waals surface area contributed by atoms with E-state index in [0.29, 0.717) is 0 Å². The molecule has 1 aliphatic carbocycles. The highest BCUT2D eigenvalue weighted by atomic mass is 16.3. The van der Waals surface area contributed by atoms with Gasteiger partial charge in [0.1, 0.15) is 5.41 Å². The SMILES string of the molecule is O=C(N[C@@H](c1cccc2ccccc12)C(O)(Cc1cccc2ccccc12)Cc1cccc2ccccc12)C1(C(=O)N[C@@H](c2cccc3ccccc23)C(O)(Cc2cccc3ccccc23)Cc2cccc3ccccc23)CC1. The van der Waals surface area contributed by atoms with E-state index in [0.717, 1.165) is 98.0 Å². The van der Waals surface area contributed by atoms with Gasteiger partial charge in [-0.3, -0.25) is 9.59 Å². The molecule has 1 aliphatic rings. The van der Waals surface area contributed by atoms with E-state index >= 15 is 9.59 Å². The van der Waals surface area contributed by atoms with Gasteiger partial charge < -0.3 is 20.8 Å². The molecule has 1 fully saturated rings. The van der Waals surface area contributed by atoms with E-state index in [4.69, 9.17) is 0 Å². The molecule has 0 unspecified atom stereocenters. The minimum Gasteiger partial charge on any atom is -0.387 e. The van der Waals surface area contributed by atoms with Gasteiger partial charge in [-0.2, -0.15) is 0 Å². The third-order valence-corrected chi connectivity index (χ3v) is 17.0. The lowest BCUT2D eigenvalue weighted by Gasteiger charge is -2.40. The summed E-state index contributed by atoms with van der Waals surface area (Å²) in [4.78, 5) is 31.9. The van der Waals surface area contributed by atoms with Gasteiger partial charge in [-0.05, 0) is 111 Å². The molecule has 0 aliphatic heterocycles. The summed E-state index contributed by atoms with van der Waals surface area (Å²) in [6, 6.07) is 83.8. The van der Waals surface area contributed by atoms with Crippen molar-refractivity contribution in [3.05, 3.63) is 288 Å². The van der Waals surface area contributed by atoms with Crippen LogP contribution in [0.1, 0.15) is 58.3 Å². The Kier molecular flexibility index (Phi) is 12.8. The molecule has 13 rings (SSSR count). The highest BCUT2D eigenvalue weighted by molar-refractivity contribution is 6.08. The molecule has 0 bridgehead atoms. The number of fused-ring (bicyclic) bond motifs is 6. The van der Waals surface area contributed by atoms with Crippen molar-refractivity contribution in [2.75, 3.05) is 0 Å². The van der Waals surface area contributed by atoms with Crippen LogP contribution in [0.15, 0.2) is 255 Å². The lowest BCUT2D eigenvalue weighted by molar-refractivity contribution is -0.141. The highest BCUT2D eigenvalue weighted by Crippen LogP contribution is 2.50. The van der Waals surface area contributed by atoms with E-state index in [9.17, 15) is 10.2 Å². The van der Waals surface area contributed by atoms with Gasteiger partial charge in [0.25, 0.3) is 0 Å². The van der Waals surface area contributed by atoms with Crippen LogP contribution in [0.3, 0.4) is 0 Å². The second-order valence-electron chi connectivity index (χ2n) is 22.0. The zero-order chi connectivity index (χ0) is 53.6. The predicted molar refractivity (Wildman–Crippen MR) is 322 cm³/mol. The number of carbonyl (C=O) groups is 2. The fourth-order valence-electron chi connectivity index (χ4n) is 12.9. The van der Waals surface area contributed by atoms with Gasteiger partial charge in [-0.15, -0.1) is 0 Å². The van der Waals surface area contributed by atoms with Crippen LogP contribution in [0.4, 0.5) is 0 Å². The standard InChI is InChI=1S/C73H60N2O4/c76-69(74-67(65-41-17-29-53-23-5-11-39-63(53)65)72(78,45-55-31-13-25-49-19-1-7-35-59(49)55)46-56-32-14-26-50-20-2-8-36-60(50)56)71(43-44-71)70(77)75-68(66-42-18-30-54-24-6-12-40-64(54)66)73(79,47-57-33-15-27-51-21-3-9-37-61(51)57)48-58-34-16-28-52-22-4-10-38-62(52)58/h1-42,67-68,78-79H,43-48H2,(H,74,76)(H,75,77)/t67-,68-/m0/s1. The number of aliphatic hydroxyl groups is 2. The zero-order valence-corrected chi connectivity index (χ0v) is 43.9. The molecular formula is C73H60N2O4. The van der Waals surface area contributed by atoms with E-state index in [1.165, 1.54) is 0 Å². The lowest BCUT2D eigenvalue weighted by atomic mass is 9.76. The third-order valence-electron chi connectivity index (χ3n) is 17.0. The Bertz CT molecular complexity index is 3830. The topological polar surface area (TPSA) is 98.7 Å². The molecule has 0 spiro atoms. The van der Waals surface area contributed by atoms with Crippen molar-refractivity contribution in [1.29, 1.82) is 0 Å². The van der Waals surface area contributed by atoms with E-state index in [1.807, 2.05) is 158 Å². The molecule has 2 atom stereocenters. The smallest absolute Gasteiger partial charge is 0.236 e. The van der Waals surface area contributed by atoms with Gasteiger partial charge in [-0.1, -0.05) is 255 Å². The summed E-state index contributed by atoms with van der Waals surface area (Å²) in [5.74, 6) is -0.943. The lowest BCUT2D eigenvalue weighted by Crippen LogP contribution is -2.55. The van der Waals surface area contributed by atoms with Crippen LogP contribution in [0.5, 0.6) is 0 Å². The van der Waals surface area contributed by atoms with Crippen LogP contribution < -0.4 is 10.6 Å². The molecule has 0 aromatic heterocycles. The van der Waals surface area contributed by atoms with Gasteiger partial charge in [0.05, 0.1) is 23.3 Å². The minimum atomic E-state index is -1.65. The van der Waals surface area contributed by atoms with Gasteiger partial charge >= 0.3 is 0 Å². The maximum absolute atomic E-state index is 16.0. The zero-order valence-electron chi connectivity index (χ0n) is 43.9. The molecule has 79 heavy (non-hydrogen) atoms. The number of nitrogens with one attached hydrogen (secondary N) is 2. The van der Waals surface area contributed by atoms with Crippen molar-refractivity contribution >= 4 is 76.4 Å². The second-order valence-corrected chi connectivity index (χ2v) is 22.0. The molecule has 1 saturated carbocycles. The van der Waals surface area contributed by atoms with Gasteiger partial charge in [0, 0.05) is 25.7 Å². The summed E-state index contributed by atoms with van der Waals surface area (Å²) >= 11 is 0. The fourth-order valence-corrected chi connectivity index (χ4v) is 12.9. The van der Waals surface area contributed by atoms with E-state index in [-0.39, 0.29) is 38.5 Å². The Morgan fingerprint density at radius 2 is 0.557 bits per heavy atom. The molecule has 0 saturated heterocycles. The first kappa shape index (κ1) is 49.6. The molecule has 386 valence electrons. The summed E-state index contributed by atoms with van der Waals surface area (Å²) in [7, 11) is 0. The Balaban J connectivity index is 0.944. The normalized spacial score (nSPS) is 14.2. The fraction of sp³-hybridized carbons (Fsp3) is 0.151. The summed E-state index contributed by atoms with van der Waals surface area (Å²) in [6.07, 6.45) is 1.30. The summed E-state index contributed by atoms with van der Waals surface area (Å²) in [5, 5.41) is 47.3. The van der Waals surface area contributed by atoms with Crippen molar-refractivity contribution in [2.45, 2.75) is 61.8 Å². The van der Waals surface area contributed by atoms with Gasteiger partial charge in [-0.25, -0.2) is 0 Å². The molecule has 0 radical (unpaired) electrons. The summed E-state index contributed by atoms with van der Waals surface area (Å²) in [5.41, 5.74) is 0.431. The first-order valence-electron chi connectivity index (χ1n) is 27.6. The molecule has 0 heterocycles. The monoisotopic (exact) mass is 1030 g/mol. The average molecular weight is 1030 g/mol. The van der Waals surface area contributed by atoms with E-state index < -0.39 is 40.5 Å². The molecule has 6 heteroatoms. The number of carbonyl (C=O) groups excluding carboxylic acids is 2. The van der Waals surface area contributed by atoms with Crippen LogP contribution >= 0.6 is 0 Å². The first-order valence-corrected chi connectivity index (χ1v) is 27.6. The molecule has 12 aromatic rings. The second kappa shape index (κ2) is 20.5. The molecular weight excluding hydrogens is 969 g/mol. The number of hydrogen-bond acceptors (Lipinski definition) is 4. The first-order chi connectivity index (χ1) is 38.7. The predicted octanol–water partition coefficient (Wildman–Crippen LogP) is 14.8. The van der Waals surface area contributed by atoms with E-state index in [2.05, 4.69) is 108 Å². The van der Waals surface area contributed by atoms with Crippen LogP contribution in [-0.2, 0) is 35.3 Å².